The maximum atomic E-state index is 14.2. The summed E-state index contributed by atoms with van der Waals surface area (Å²) >= 11 is 0. The van der Waals surface area contributed by atoms with Crippen molar-refractivity contribution >= 4 is 17.6 Å². The highest BCUT2D eigenvalue weighted by atomic mass is 19.4. The first kappa shape index (κ1) is 24.3. The zero-order chi connectivity index (χ0) is 25.2. The summed E-state index contributed by atoms with van der Waals surface area (Å²) in [5.41, 5.74) is 0.789. The van der Waals surface area contributed by atoms with E-state index in [1.54, 1.807) is 24.5 Å². The second-order valence-electron chi connectivity index (χ2n) is 8.44. The molecule has 1 saturated carbocycles. The molecule has 0 spiro atoms. The second kappa shape index (κ2) is 9.81. The van der Waals surface area contributed by atoms with Crippen molar-refractivity contribution in [3.8, 4) is 11.1 Å². The van der Waals surface area contributed by atoms with Crippen LogP contribution in [0.15, 0.2) is 61.2 Å². The molecule has 182 valence electrons. The number of nitrogens with one attached hydrogen (secondary N) is 1. The molecule has 0 bridgehead atoms. The van der Waals surface area contributed by atoms with Crippen molar-refractivity contribution in [3.63, 3.8) is 0 Å². The zero-order valence-corrected chi connectivity index (χ0v) is 18.3. The van der Waals surface area contributed by atoms with Gasteiger partial charge in [-0.25, -0.2) is 14.4 Å². The highest BCUT2D eigenvalue weighted by molar-refractivity contribution is 5.95. The van der Waals surface area contributed by atoms with Crippen LogP contribution in [0.2, 0.25) is 0 Å². The lowest BCUT2D eigenvalue weighted by Gasteiger charge is -2.35. The Morgan fingerprint density at radius 3 is 2.26 bits per heavy atom. The van der Waals surface area contributed by atoms with Crippen LogP contribution < -0.4 is 5.32 Å². The first-order valence-corrected chi connectivity index (χ1v) is 10.9. The van der Waals surface area contributed by atoms with E-state index in [0.717, 1.165) is 22.8 Å². The van der Waals surface area contributed by atoms with Crippen LogP contribution in [-0.4, -0.2) is 27.0 Å². The molecule has 0 unspecified atom stereocenters. The van der Waals surface area contributed by atoms with Gasteiger partial charge in [-0.2, -0.15) is 13.2 Å². The number of rotatable bonds is 5. The van der Waals surface area contributed by atoms with Gasteiger partial charge in [0, 0.05) is 18.0 Å². The van der Waals surface area contributed by atoms with E-state index in [2.05, 4.69) is 15.3 Å². The fraction of sp³-hybridized carbons (Fsp3) is 0.280. The average molecular weight is 487 g/mol. The van der Waals surface area contributed by atoms with E-state index in [1.165, 1.54) is 6.33 Å². The van der Waals surface area contributed by atoms with E-state index in [-0.39, 0.29) is 6.42 Å². The molecule has 4 rings (SSSR count). The first-order chi connectivity index (χ1) is 16.6. The lowest BCUT2D eigenvalue weighted by atomic mass is 9.69. The number of aromatic nitrogens is 2. The minimum Gasteiger partial charge on any atom is -0.481 e. The number of carboxylic acids is 1. The average Bonchev–Trinajstić information content (AvgIpc) is 2.84. The number of carbonyl (C=O) groups excluding carboxylic acids is 1. The second-order valence-corrected chi connectivity index (χ2v) is 8.44. The Bertz CT molecular complexity index is 1220. The van der Waals surface area contributed by atoms with Crippen molar-refractivity contribution in [2.75, 3.05) is 5.32 Å². The van der Waals surface area contributed by atoms with Crippen LogP contribution in [0.4, 0.5) is 23.2 Å². The van der Waals surface area contributed by atoms with Crippen molar-refractivity contribution in [3.05, 3.63) is 78.1 Å². The topological polar surface area (TPSA) is 92.2 Å². The minimum absolute atomic E-state index is 0.265. The molecular formula is C25H21F4N3O3. The summed E-state index contributed by atoms with van der Waals surface area (Å²) in [4.78, 5) is 33.1. The third kappa shape index (κ3) is 5.31. The smallest absolute Gasteiger partial charge is 0.416 e. The molecule has 35 heavy (non-hydrogen) atoms. The van der Waals surface area contributed by atoms with E-state index in [9.17, 15) is 32.3 Å². The number of carboxylic acid groups (broad SMARTS) is 1. The van der Waals surface area contributed by atoms with Crippen molar-refractivity contribution in [1.82, 2.24) is 9.97 Å². The van der Waals surface area contributed by atoms with Crippen LogP contribution in [0.25, 0.3) is 11.1 Å². The summed E-state index contributed by atoms with van der Waals surface area (Å²) in [5, 5.41) is 12.3. The summed E-state index contributed by atoms with van der Waals surface area (Å²) in [6, 6.07) is 9.06. The number of hydrogen-bond donors (Lipinski definition) is 2. The molecule has 1 heterocycles. The monoisotopic (exact) mass is 487 g/mol. The molecule has 0 saturated heterocycles. The number of hydrogen-bond acceptors (Lipinski definition) is 4. The first-order valence-electron chi connectivity index (χ1n) is 10.9. The molecular weight excluding hydrogens is 466 g/mol. The van der Waals surface area contributed by atoms with Crippen LogP contribution in [-0.2, 0) is 15.8 Å². The van der Waals surface area contributed by atoms with E-state index >= 15 is 0 Å². The SMILES string of the molecule is O=C(O)[C@@H]1[C@@H](c2ccc(-c3cncnc3)cc2)CCC[C@H]1C(=O)Nc1ccc(C(F)(F)F)cc1F. The van der Waals surface area contributed by atoms with Crippen molar-refractivity contribution < 1.29 is 32.3 Å². The summed E-state index contributed by atoms with van der Waals surface area (Å²) < 4.78 is 52.6. The molecule has 0 aliphatic heterocycles. The number of carbonyl (C=O) groups is 2. The van der Waals surface area contributed by atoms with Gasteiger partial charge in [0.1, 0.15) is 12.1 Å². The number of halogens is 4. The summed E-state index contributed by atoms with van der Waals surface area (Å²) in [7, 11) is 0. The largest absolute Gasteiger partial charge is 0.481 e. The predicted molar refractivity (Wildman–Crippen MR) is 119 cm³/mol. The Balaban J connectivity index is 1.55. The highest BCUT2D eigenvalue weighted by Crippen LogP contribution is 2.42. The van der Waals surface area contributed by atoms with Gasteiger partial charge in [-0.3, -0.25) is 9.59 Å². The molecule has 2 N–H and O–H groups in total. The van der Waals surface area contributed by atoms with Gasteiger partial charge in [0.2, 0.25) is 5.91 Å². The van der Waals surface area contributed by atoms with Crippen LogP contribution in [0.5, 0.6) is 0 Å². The number of aliphatic carboxylic acids is 1. The van der Waals surface area contributed by atoms with Gasteiger partial charge in [-0.1, -0.05) is 30.7 Å². The summed E-state index contributed by atoms with van der Waals surface area (Å²) in [6.07, 6.45) is 1.38. The molecule has 3 aromatic rings. The lowest BCUT2D eigenvalue weighted by Crippen LogP contribution is -2.40. The predicted octanol–water partition coefficient (Wildman–Crippen LogP) is 5.52. The van der Waals surface area contributed by atoms with Gasteiger partial charge in [0.25, 0.3) is 0 Å². The minimum atomic E-state index is -4.72. The molecule has 1 fully saturated rings. The number of anilines is 1. The van der Waals surface area contributed by atoms with Gasteiger partial charge in [0.15, 0.2) is 0 Å². The molecule has 3 atom stereocenters. The van der Waals surface area contributed by atoms with E-state index < -0.39 is 52.9 Å². The molecule has 1 amide bonds. The van der Waals surface area contributed by atoms with Gasteiger partial charge >= 0.3 is 12.1 Å². The van der Waals surface area contributed by atoms with Crippen LogP contribution in [0.1, 0.15) is 36.3 Å². The zero-order valence-electron chi connectivity index (χ0n) is 18.3. The van der Waals surface area contributed by atoms with Gasteiger partial charge < -0.3 is 10.4 Å². The third-order valence-corrected chi connectivity index (χ3v) is 6.31. The molecule has 2 aromatic carbocycles. The maximum absolute atomic E-state index is 14.2. The van der Waals surface area contributed by atoms with Crippen molar-refractivity contribution in [2.24, 2.45) is 11.8 Å². The third-order valence-electron chi connectivity index (χ3n) is 6.31. The summed E-state index contributed by atoms with van der Waals surface area (Å²) in [5.74, 6) is -5.66. The number of alkyl halides is 3. The normalized spacial score (nSPS) is 20.3. The van der Waals surface area contributed by atoms with Gasteiger partial charge in [0.05, 0.1) is 23.1 Å². The van der Waals surface area contributed by atoms with Gasteiger partial charge in [-0.05, 0) is 48.1 Å². The summed E-state index contributed by atoms with van der Waals surface area (Å²) in [6.45, 7) is 0. The number of nitrogens with zero attached hydrogens (tertiary/aromatic N) is 2. The van der Waals surface area contributed by atoms with E-state index in [1.807, 2.05) is 12.1 Å². The van der Waals surface area contributed by atoms with Crippen LogP contribution in [0, 0.1) is 17.7 Å². The highest BCUT2D eigenvalue weighted by Gasteiger charge is 2.43. The number of benzene rings is 2. The maximum Gasteiger partial charge on any atom is 0.416 e. The lowest BCUT2D eigenvalue weighted by molar-refractivity contribution is -0.148. The fourth-order valence-corrected chi connectivity index (χ4v) is 4.60. The molecule has 1 aliphatic carbocycles. The van der Waals surface area contributed by atoms with E-state index in [0.29, 0.717) is 25.0 Å². The van der Waals surface area contributed by atoms with Crippen molar-refractivity contribution in [2.45, 2.75) is 31.4 Å². The molecule has 1 aliphatic rings. The Morgan fingerprint density at radius 2 is 1.66 bits per heavy atom. The van der Waals surface area contributed by atoms with Crippen LogP contribution >= 0.6 is 0 Å². The van der Waals surface area contributed by atoms with Crippen molar-refractivity contribution in [1.29, 1.82) is 0 Å². The molecule has 0 radical (unpaired) electrons. The molecule has 6 nitrogen and oxygen atoms in total. The Morgan fingerprint density at radius 1 is 0.971 bits per heavy atom. The van der Waals surface area contributed by atoms with Crippen LogP contribution in [0.3, 0.4) is 0 Å². The van der Waals surface area contributed by atoms with E-state index in [4.69, 9.17) is 0 Å². The Kier molecular flexibility index (Phi) is 6.81. The Hall–Kier alpha value is -3.82. The van der Waals surface area contributed by atoms with Gasteiger partial charge in [-0.15, -0.1) is 0 Å². The quantitative estimate of drug-likeness (QED) is 0.462. The standard InChI is InChI=1S/C25H21F4N3O3/c26-20-10-17(25(27,28)29)8-9-21(20)32-23(33)19-3-1-2-18(22(19)24(34)35)15-6-4-14(5-7-15)16-11-30-13-31-12-16/h4-13,18-19,22H,1-3H2,(H,32,33)(H,34,35)/t18-,19-,22-/m1/s1. The molecule has 1 aromatic heterocycles. The Labute approximate surface area is 198 Å². The number of amides is 1. The molecule has 10 heteroatoms. The fourth-order valence-electron chi connectivity index (χ4n) is 4.60.